The van der Waals surface area contributed by atoms with E-state index in [1.165, 1.54) is 24.0 Å². The van der Waals surface area contributed by atoms with E-state index in [4.69, 9.17) is 10.5 Å². The molecule has 100 valence electrons. The minimum Gasteiger partial charge on any atom is -0.373 e. The third-order valence-corrected chi connectivity index (χ3v) is 4.20. The predicted molar refractivity (Wildman–Crippen MR) is 75.6 cm³/mol. The first-order valence-corrected chi connectivity index (χ1v) is 7.20. The molecule has 1 aliphatic carbocycles. The molecular weight excluding hydrogens is 222 g/mol. The van der Waals surface area contributed by atoms with Gasteiger partial charge in [-0.15, -0.1) is 0 Å². The Hall–Kier alpha value is -0.860. The average Bonchev–Trinajstić information content (AvgIpc) is 2.88. The Balaban J connectivity index is 2.19. The summed E-state index contributed by atoms with van der Waals surface area (Å²) in [6.45, 7) is 4.99. The minimum atomic E-state index is -0.123. The molecule has 2 heteroatoms. The van der Waals surface area contributed by atoms with Crippen LogP contribution in [0.25, 0.3) is 0 Å². The predicted octanol–water partition coefficient (Wildman–Crippen LogP) is 3.60. The molecule has 2 N–H and O–H groups in total. The van der Waals surface area contributed by atoms with E-state index >= 15 is 0 Å². The summed E-state index contributed by atoms with van der Waals surface area (Å²) in [7, 11) is 0. The quantitative estimate of drug-likeness (QED) is 0.863. The van der Waals surface area contributed by atoms with E-state index in [0.717, 1.165) is 25.9 Å². The van der Waals surface area contributed by atoms with Crippen molar-refractivity contribution in [3.8, 4) is 0 Å². The molecule has 1 aliphatic rings. The van der Waals surface area contributed by atoms with E-state index in [1.807, 2.05) is 0 Å². The summed E-state index contributed by atoms with van der Waals surface area (Å²) < 4.78 is 6.04. The fourth-order valence-corrected chi connectivity index (χ4v) is 3.07. The monoisotopic (exact) mass is 247 g/mol. The molecule has 2 nitrogen and oxygen atoms in total. The van der Waals surface area contributed by atoms with Crippen LogP contribution < -0.4 is 5.73 Å². The Morgan fingerprint density at radius 3 is 2.28 bits per heavy atom. The minimum absolute atomic E-state index is 0.00542. The Morgan fingerprint density at radius 2 is 1.78 bits per heavy atom. The second kappa shape index (κ2) is 5.85. The van der Waals surface area contributed by atoms with Gasteiger partial charge in [-0.2, -0.15) is 0 Å². The van der Waals surface area contributed by atoms with Gasteiger partial charge in [-0.1, -0.05) is 44.0 Å². The number of hydrogen-bond donors (Lipinski definition) is 1. The maximum absolute atomic E-state index is 6.49. The summed E-state index contributed by atoms with van der Waals surface area (Å²) >= 11 is 0. The van der Waals surface area contributed by atoms with Gasteiger partial charge in [0, 0.05) is 6.61 Å². The van der Waals surface area contributed by atoms with Crippen molar-refractivity contribution in [1.82, 2.24) is 0 Å². The lowest BCUT2D eigenvalue weighted by molar-refractivity contribution is -0.0536. The molecule has 1 aromatic rings. The third-order valence-electron chi connectivity index (χ3n) is 4.20. The highest BCUT2D eigenvalue weighted by molar-refractivity contribution is 5.27. The highest BCUT2D eigenvalue weighted by Gasteiger charge is 2.40. The second-order valence-electron chi connectivity index (χ2n) is 5.28. The van der Waals surface area contributed by atoms with E-state index in [1.54, 1.807) is 0 Å². The van der Waals surface area contributed by atoms with Crippen molar-refractivity contribution < 1.29 is 4.74 Å². The van der Waals surface area contributed by atoms with Crippen molar-refractivity contribution in [2.75, 3.05) is 6.61 Å². The van der Waals surface area contributed by atoms with E-state index < -0.39 is 0 Å². The van der Waals surface area contributed by atoms with Crippen molar-refractivity contribution >= 4 is 0 Å². The maximum Gasteiger partial charge on any atom is 0.0874 e. The molecule has 1 fully saturated rings. The molecule has 1 saturated carbocycles. The van der Waals surface area contributed by atoms with Crippen LogP contribution in [-0.2, 0) is 11.2 Å². The summed E-state index contributed by atoms with van der Waals surface area (Å²) in [5.74, 6) is 0. The lowest BCUT2D eigenvalue weighted by Gasteiger charge is -2.35. The first-order chi connectivity index (χ1) is 8.72. The third kappa shape index (κ3) is 2.60. The van der Waals surface area contributed by atoms with E-state index in [-0.39, 0.29) is 11.6 Å². The highest BCUT2D eigenvalue weighted by Crippen LogP contribution is 2.41. The van der Waals surface area contributed by atoms with Crippen LogP contribution in [0.2, 0.25) is 0 Å². The van der Waals surface area contributed by atoms with Crippen LogP contribution in [0.3, 0.4) is 0 Å². The fourth-order valence-electron chi connectivity index (χ4n) is 3.07. The van der Waals surface area contributed by atoms with Gasteiger partial charge in [0.25, 0.3) is 0 Å². The number of hydrogen-bond acceptors (Lipinski definition) is 2. The summed E-state index contributed by atoms with van der Waals surface area (Å²) in [6.07, 6.45) is 5.74. The second-order valence-corrected chi connectivity index (χ2v) is 5.28. The van der Waals surface area contributed by atoms with Crippen molar-refractivity contribution in [3.05, 3.63) is 35.4 Å². The van der Waals surface area contributed by atoms with Crippen LogP contribution in [-0.4, -0.2) is 12.2 Å². The Labute approximate surface area is 111 Å². The number of ether oxygens (including phenoxy) is 1. The van der Waals surface area contributed by atoms with Crippen LogP contribution in [0.4, 0.5) is 0 Å². The van der Waals surface area contributed by atoms with Gasteiger partial charge in [0.2, 0.25) is 0 Å². The SMILES string of the molecule is CCOC1(C(N)c2ccc(CC)cc2)CCCC1. The van der Waals surface area contributed by atoms with Gasteiger partial charge in [0.1, 0.15) is 0 Å². The lowest BCUT2D eigenvalue weighted by atomic mass is 9.87. The summed E-state index contributed by atoms with van der Waals surface area (Å²) in [5.41, 5.74) is 8.94. The molecule has 1 unspecified atom stereocenters. The lowest BCUT2D eigenvalue weighted by Crippen LogP contribution is -2.41. The highest BCUT2D eigenvalue weighted by atomic mass is 16.5. The van der Waals surface area contributed by atoms with Gasteiger partial charge in [-0.25, -0.2) is 0 Å². The van der Waals surface area contributed by atoms with Crippen molar-refractivity contribution in [1.29, 1.82) is 0 Å². The molecule has 2 rings (SSSR count). The summed E-state index contributed by atoms with van der Waals surface area (Å²) in [6, 6.07) is 8.71. The molecule has 0 aliphatic heterocycles. The first-order valence-electron chi connectivity index (χ1n) is 7.20. The Morgan fingerprint density at radius 1 is 1.17 bits per heavy atom. The van der Waals surface area contributed by atoms with Crippen LogP contribution in [0.5, 0.6) is 0 Å². The van der Waals surface area contributed by atoms with Gasteiger partial charge >= 0.3 is 0 Å². The molecule has 1 atom stereocenters. The van der Waals surface area contributed by atoms with Crippen molar-refractivity contribution in [3.63, 3.8) is 0 Å². The van der Waals surface area contributed by atoms with Gasteiger partial charge < -0.3 is 10.5 Å². The topological polar surface area (TPSA) is 35.2 Å². The van der Waals surface area contributed by atoms with Gasteiger partial charge in [-0.05, 0) is 37.3 Å². The first kappa shape index (κ1) is 13.6. The Bertz CT molecular complexity index is 365. The van der Waals surface area contributed by atoms with E-state index in [2.05, 4.69) is 38.1 Å². The molecular formula is C16H25NO. The summed E-state index contributed by atoms with van der Waals surface area (Å²) in [4.78, 5) is 0. The van der Waals surface area contributed by atoms with E-state index in [9.17, 15) is 0 Å². The molecule has 0 bridgehead atoms. The number of nitrogens with two attached hydrogens (primary N) is 1. The zero-order valence-electron chi connectivity index (χ0n) is 11.6. The van der Waals surface area contributed by atoms with Crippen molar-refractivity contribution in [2.45, 2.75) is 57.6 Å². The molecule has 0 radical (unpaired) electrons. The number of benzene rings is 1. The van der Waals surface area contributed by atoms with Crippen LogP contribution in [0, 0.1) is 0 Å². The van der Waals surface area contributed by atoms with Gasteiger partial charge in [0.05, 0.1) is 11.6 Å². The Kier molecular flexibility index (Phi) is 4.41. The molecule has 18 heavy (non-hydrogen) atoms. The van der Waals surface area contributed by atoms with Gasteiger partial charge in [0.15, 0.2) is 0 Å². The zero-order valence-corrected chi connectivity index (χ0v) is 11.6. The largest absolute Gasteiger partial charge is 0.373 e. The fraction of sp³-hybridized carbons (Fsp3) is 0.625. The molecule has 0 heterocycles. The van der Waals surface area contributed by atoms with Crippen LogP contribution in [0.1, 0.15) is 56.7 Å². The summed E-state index contributed by atoms with van der Waals surface area (Å²) in [5, 5.41) is 0. The molecule has 0 amide bonds. The van der Waals surface area contributed by atoms with E-state index in [0.29, 0.717) is 0 Å². The smallest absolute Gasteiger partial charge is 0.0874 e. The number of aryl methyl sites for hydroxylation is 1. The van der Waals surface area contributed by atoms with Gasteiger partial charge in [-0.3, -0.25) is 0 Å². The average molecular weight is 247 g/mol. The molecule has 1 aromatic carbocycles. The molecule has 0 aromatic heterocycles. The van der Waals surface area contributed by atoms with Crippen LogP contribution in [0.15, 0.2) is 24.3 Å². The standard InChI is InChI=1S/C16H25NO/c1-3-13-7-9-14(10-8-13)15(17)16(18-4-2)11-5-6-12-16/h7-10,15H,3-6,11-12,17H2,1-2H3. The molecule has 0 spiro atoms. The maximum atomic E-state index is 6.49. The zero-order chi connectivity index (χ0) is 13.0. The van der Waals surface area contributed by atoms with Crippen molar-refractivity contribution in [2.24, 2.45) is 5.73 Å². The normalized spacial score (nSPS) is 19.9. The van der Waals surface area contributed by atoms with Crippen LogP contribution >= 0.6 is 0 Å². The molecule has 0 saturated heterocycles. The number of rotatable bonds is 5.